The van der Waals surface area contributed by atoms with E-state index in [0.29, 0.717) is 55.7 Å². The number of ether oxygens (including phenoxy) is 2. The number of carbonyl (C=O) groups excluding carboxylic acids is 1. The van der Waals surface area contributed by atoms with Crippen LogP contribution in [0.1, 0.15) is 5.56 Å². The molecule has 0 unspecified atom stereocenters. The minimum atomic E-state index is -0.576. The van der Waals surface area contributed by atoms with Crippen molar-refractivity contribution in [3.8, 4) is 29.1 Å². The third-order valence-corrected chi connectivity index (χ3v) is 5.45. The molecule has 0 aromatic heterocycles. The molecule has 176 valence electrons. The smallest absolute Gasteiger partial charge is 0.323 e. The zero-order valence-corrected chi connectivity index (χ0v) is 20.0. The molecule has 0 bridgehead atoms. The van der Waals surface area contributed by atoms with Gasteiger partial charge in [0.25, 0.3) is 0 Å². The fraction of sp³-hybridized carbons (Fsp3) is 0. The lowest BCUT2D eigenvalue weighted by atomic mass is 10.2. The molecule has 4 rings (SSSR count). The molecule has 0 heterocycles. The first-order valence-electron chi connectivity index (χ1n) is 10.4. The summed E-state index contributed by atoms with van der Waals surface area (Å²) in [7, 11) is 0. The first-order valence-corrected chi connectivity index (χ1v) is 11.2. The molecule has 4 aromatic rings. The van der Waals surface area contributed by atoms with Crippen LogP contribution in [0.3, 0.4) is 0 Å². The summed E-state index contributed by atoms with van der Waals surface area (Å²) < 4.78 is 11.6. The third kappa shape index (κ3) is 6.25. The van der Waals surface area contributed by atoms with Crippen molar-refractivity contribution in [1.82, 2.24) is 0 Å². The number of urea groups is 1. The Hall–Kier alpha value is -4.69. The number of carbonyl (C=O) groups is 1. The highest BCUT2D eigenvalue weighted by atomic mass is 35.5. The first-order chi connectivity index (χ1) is 17.4. The highest BCUT2D eigenvalue weighted by molar-refractivity contribution is 6.34. The van der Waals surface area contributed by atoms with E-state index >= 15 is 0 Å². The molecule has 36 heavy (non-hydrogen) atoms. The van der Waals surface area contributed by atoms with Crippen molar-refractivity contribution in [2.45, 2.75) is 0 Å². The van der Waals surface area contributed by atoms with E-state index < -0.39 is 6.03 Å². The van der Waals surface area contributed by atoms with Gasteiger partial charge in [-0.15, -0.1) is 0 Å². The molecule has 0 radical (unpaired) electrons. The van der Waals surface area contributed by atoms with E-state index in [4.69, 9.17) is 44.5 Å². The van der Waals surface area contributed by atoms with E-state index in [0.717, 1.165) is 0 Å². The maximum absolute atomic E-state index is 12.7. The molecule has 7 nitrogen and oxygen atoms in total. The second kappa shape index (κ2) is 11.2. The number of hydrogen-bond donors (Lipinski definition) is 2. The van der Waals surface area contributed by atoms with E-state index in [1.54, 1.807) is 84.9 Å². The van der Waals surface area contributed by atoms with Gasteiger partial charge < -0.3 is 20.1 Å². The molecule has 2 amide bonds. The standard InChI is InChI=1S/C27H16Cl2N4O3/c1-31-18-4-8-20(9-5-18)36-22-11-13-24(29)26(15-22)33-27(34)32-25-14-21(10-12-23(25)28)35-19-6-2-17(16-30)3-7-19/h2-15H,(H2,32,33,34). The van der Waals surface area contributed by atoms with Gasteiger partial charge in [-0.3, -0.25) is 0 Å². The van der Waals surface area contributed by atoms with Crippen LogP contribution in [0.4, 0.5) is 21.9 Å². The Labute approximate surface area is 217 Å². The first kappa shape index (κ1) is 24.4. The molecule has 0 aliphatic carbocycles. The van der Waals surface area contributed by atoms with Gasteiger partial charge in [0.05, 0.1) is 39.6 Å². The van der Waals surface area contributed by atoms with Gasteiger partial charge in [-0.05, 0) is 60.7 Å². The fourth-order valence-electron chi connectivity index (χ4n) is 3.06. The van der Waals surface area contributed by atoms with Gasteiger partial charge >= 0.3 is 6.03 Å². The number of amides is 2. The zero-order valence-electron chi connectivity index (χ0n) is 18.5. The number of halogens is 2. The Morgan fingerprint density at radius 3 is 1.64 bits per heavy atom. The van der Waals surface area contributed by atoms with Crippen LogP contribution >= 0.6 is 23.2 Å². The van der Waals surface area contributed by atoms with Gasteiger partial charge in [-0.2, -0.15) is 5.26 Å². The van der Waals surface area contributed by atoms with Crippen molar-refractivity contribution in [2.24, 2.45) is 0 Å². The Morgan fingerprint density at radius 2 is 1.19 bits per heavy atom. The molecular formula is C27H16Cl2N4O3. The summed E-state index contributed by atoms with van der Waals surface area (Å²) in [4.78, 5) is 16.0. The number of nitrogens with one attached hydrogen (secondary N) is 2. The van der Waals surface area contributed by atoms with Crippen LogP contribution in [-0.2, 0) is 0 Å². The highest BCUT2D eigenvalue weighted by Gasteiger charge is 2.12. The summed E-state index contributed by atoms with van der Waals surface area (Å²) in [6, 6.07) is 24.4. The molecule has 4 aromatic carbocycles. The van der Waals surface area contributed by atoms with Crippen molar-refractivity contribution < 1.29 is 14.3 Å². The van der Waals surface area contributed by atoms with Crippen LogP contribution in [-0.4, -0.2) is 6.03 Å². The number of benzene rings is 4. The Kier molecular flexibility index (Phi) is 7.57. The molecule has 0 fully saturated rings. The normalized spacial score (nSPS) is 10.0. The van der Waals surface area contributed by atoms with Crippen LogP contribution in [0.15, 0.2) is 84.9 Å². The monoisotopic (exact) mass is 514 g/mol. The molecule has 0 saturated heterocycles. The van der Waals surface area contributed by atoms with E-state index in [-0.39, 0.29) is 0 Å². The second-order valence-electron chi connectivity index (χ2n) is 7.31. The number of hydrogen-bond acceptors (Lipinski definition) is 4. The molecule has 0 atom stereocenters. The van der Waals surface area contributed by atoms with Gasteiger partial charge in [-0.25, -0.2) is 9.64 Å². The van der Waals surface area contributed by atoms with Crippen molar-refractivity contribution >= 4 is 46.3 Å². The van der Waals surface area contributed by atoms with Crippen LogP contribution in [0.2, 0.25) is 10.0 Å². The molecule has 2 N–H and O–H groups in total. The Balaban J connectivity index is 1.44. The van der Waals surface area contributed by atoms with E-state index in [9.17, 15) is 4.79 Å². The quantitative estimate of drug-likeness (QED) is 0.252. The summed E-state index contributed by atoms with van der Waals surface area (Å²) in [5.41, 5.74) is 1.67. The predicted octanol–water partition coefficient (Wildman–Crippen LogP) is 8.64. The summed E-state index contributed by atoms with van der Waals surface area (Å²) in [6.45, 7) is 7.02. The summed E-state index contributed by atoms with van der Waals surface area (Å²) in [5.74, 6) is 1.95. The van der Waals surface area contributed by atoms with Gasteiger partial charge in [0.2, 0.25) is 0 Å². The predicted molar refractivity (Wildman–Crippen MR) is 140 cm³/mol. The molecule has 9 heteroatoms. The van der Waals surface area contributed by atoms with Gasteiger partial charge in [0.1, 0.15) is 23.0 Å². The number of nitriles is 1. The van der Waals surface area contributed by atoms with Gasteiger partial charge in [0.15, 0.2) is 5.69 Å². The van der Waals surface area contributed by atoms with Gasteiger partial charge in [-0.1, -0.05) is 35.3 Å². The highest BCUT2D eigenvalue weighted by Crippen LogP contribution is 2.32. The summed E-state index contributed by atoms with van der Waals surface area (Å²) in [5, 5.41) is 14.9. The maximum Gasteiger partial charge on any atom is 0.323 e. The van der Waals surface area contributed by atoms with E-state index in [1.165, 1.54) is 0 Å². The molecular weight excluding hydrogens is 499 g/mol. The lowest BCUT2D eigenvalue weighted by Crippen LogP contribution is -2.19. The second-order valence-corrected chi connectivity index (χ2v) is 8.12. The van der Waals surface area contributed by atoms with Crippen LogP contribution < -0.4 is 20.1 Å². The minimum Gasteiger partial charge on any atom is -0.457 e. The van der Waals surface area contributed by atoms with Gasteiger partial charge in [0, 0.05) is 12.1 Å². The summed E-state index contributed by atoms with van der Waals surface area (Å²) in [6.07, 6.45) is 0. The van der Waals surface area contributed by atoms with Crippen LogP contribution in [0.5, 0.6) is 23.0 Å². The van der Waals surface area contributed by atoms with Crippen molar-refractivity contribution in [3.63, 3.8) is 0 Å². The fourth-order valence-corrected chi connectivity index (χ4v) is 3.39. The molecule has 0 spiro atoms. The Bertz CT molecular complexity index is 1380. The molecule has 0 aliphatic rings. The zero-order chi connectivity index (χ0) is 25.5. The lowest BCUT2D eigenvalue weighted by Gasteiger charge is -2.13. The number of nitrogens with zero attached hydrogens (tertiary/aromatic N) is 2. The van der Waals surface area contributed by atoms with Crippen molar-refractivity contribution in [1.29, 1.82) is 5.26 Å². The number of rotatable bonds is 6. The van der Waals surface area contributed by atoms with Crippen LogP contribution in [0.25, 0.3) is 4.85 Å². The van der Waals surface area contributed by atoms with Crippen molar-refractivity contribution in [2.75, 3.05) is 10.6 Å². The Morgan fingerprint density at radius 1 is 0.750 bits per heavy atom. The van der Waals surface area contributed by atoms with E-state index in [2.05, 4.69) is 15.5 Å². The average molecular weight is 515 g/mol. The topological polar surface area (TPSA) is 87.7 Å². The van der Waals surface area contributed by atoms with Crippen molar-refractivity contribution in [3.05, 3.63) is 112 Å². The number of anilines is 2. The maximum atomic E-state index is 12.7. The van der Waals surface area contributed by atoms with Crippen LogP contribution in [0, 0.1) is 17.9 Å². The summed E-state index contributed by atoms with van der Waals surface area (Å²) >= 11 is 12.5. The molecule has 0 saturated carbocycles. The average Bonchev–Trinajstić information content (AvgIpc) is 2.89. The molecule has 0 aliphatic heterocycles. The SMILES string of the molecule is [C-]#[N+]c1ccc(Oc2ccc(Cl)c(NC(=O)Nc3cc(Oc4ccc(C#N)cc4)ccc3Cl)c2)cc1. The van der Waals surface area contributed by atoms with E-state index in [1.807, 2.05) is 6.07 Å². The lowest BCUT2D eigenvalue weighted by molar-refractivity contribution is 0.262. The minimum absolute atomic E-state index is 0.309. The third-order valence-electron chi connectivity index (χ3n) is 4.79. The largest absolute Gasteiger partial charge is 0.457 e.